The quantitative estimate of drug-likeness (QED) is 0.346. The molecule has 0 atom stereocenters. The van der Waals surface area contributed by atoms with Crippen molar-refractivity contribution < 1.29 is 23.9 Å². The zero-order valence-corrected chi connectivity index (χ0v) is 19.6. The van der Waals surface area contributed by atoms with Gasteiger partial charge in [-0.15, -0.1) is 0 Å². The van der Waals surface area contributed by atoms with Crippen LogP contribution in [0.2, 0.25) is 0 Å². The molecular formula is C21H16BrN3O5S2. The van der Waals surface area contributed by atoms with E-state index in [0.717, 1.165) is 10.0 Å². The van der Waals surface area contributed by atoms with Crippen molar-refractivity contribution in [3.8, 4) is 11.5 Å². The first-order chi connectivity index (χ1) is 15.4. The first-order valence-corrected chi connectivity index (χ1v) is 11.4. The van der Waals surface area contributed by atoms with Crippen LogP contribution in [0.15, 0.2) is 51.8 Å². The van der Waals surface area contributed by atoms with E-state index in [9.17, 15) is 14.4 Å². The van der Waals surface area contributed by atoms with Crippen LogP contribution in [0.1, 0.15) is 22.3 Å². The molecule has 2 aliphatic rings. The Kier molecular flexibility index (Phi) is 6.77. The van der Waals surface area contributed by atoms with Gasteiger partial charge in [-0.1, -0.05) is 46.0 Å². The van der Waals surface area contributed by atoms with Gasteiger partial charge in [0.05, 0.1) is 4.91 Å². The maximum absolute atomic E-state index is 12.7. The van der Waals surface area contributed by atoms with Gasteiger partial charge in [0.25, 0.3) is 11.8 Å². The third-order valence-corrected chi connectivity index (χ3v) is 6.46. The number of carbonyl (C=O) groups excluding carboxylic acids is 3. The molecule has 2 heterocycles. The summed E-state index contributed by atoms with van der Waals surface area (Å²) in [7, 11) is 0. The van der Waals surface area contributed by atoms with Gasteiger partial charge >= 0.3 is 0 Å². The van der Waals surface area contributed by atoms with Crippen LogP contribution >= 0.6 is 39.9 Å². The number of hydrogen-bond donors (Lipinski definition) is 2. The number of ether oxygens (including phenoxy) is 2. The molecule has 0 unspecified atom stereocenters. The average molecular weight is 534 g/mol. The fourth-order valence-corrected chi connectivity index (χ4v) is 4.50. The number of nitrogens with zero attached hydrogens (tertiary/aromatic N) is 1. The Morgan fingerprint density at radius 2 is 1.88 bits per heavy atom. The van der Waals surface area contributed by atoms with Crippen LogP contribution < -0.4 is 20.3 Å². The molecule has 11 heteroatoms. The molecule has 4 rings (SSSR count). The molecule has 0 saturated carbocycles. The molecule has 0 radical (unpaired) electrons. The highest BCUT2D eigenvalue weighted by atomic mass is 79.9. The van der Waals surface area contributed by atoms with Crippen LogP contribution in [0.5, 0.6) is 11.5 Å². The minimum absolute atomic E-state index is 0.0235. The van der Waals surface area contributed by atoms with Crippen LogP contribution in [-0.2, 0) is 9.59 Å². The van der Waals surface area contributed by atoms with Gasteiger partial charge in [-0.25, -0.2) is 0 Å². The largest absolute Gasteiger partial charge is 0.454 e. The summed E-state index contributed by atoms with van der Waals surface area (Å²) in [4.78, 5) is 38.7. The molecule has 2 aromatic carbocycles. The first kappa shape index (κ1) is 22.3. The number of carbonyl (C=O) groups is 3. The van der Waals surface area contributed by atoms with Crippen LogP contribution in [-0.4, -0.2) is 40.3 Å². The predicted octanol–water partition coefficient (Wildman–Crippen LogP) is 3.23. The SMILES string of the molecule is O=C(CCN1C(=O)C(=Cc2ccc3c(c2)OCO3)SC1=S)NNC(=O)c1ccc(Br)cc1. The molecule has 32 heavy (non-hydrogen) atoms. The summed E-state index contributed by atoms with van der Waals surface area (Å²) in [6.45, 7) is 0.273. The topological polar surface area (TPSA) is 97.0 Å². The van der Waals surface area contributed by atoms with E-state index in [-0.39, 0.29) is 25.7 Å². The van der Waals surface area contributed by atoms with Gasteiger partial charge in [-0.05, 0) is 48.0 Å². The predicted molar refractivity (Wildman–Crippen MR) is 127 cm³/mol. The molecule has 0 bridgehead atoms. The van der Waals surface area contributed by atoms with Gasteiger partial charge in [-0.2, -0.15) is 0 Å². The van der Waals surface area contributed by atoms with Gasteiger partial charge in [0.2, 0.25) is 12.7 Å². The maximum Gasteiger partial charge on any atom is 0.269 e. The number of halogens is 1. The lowest BCUT2D eigenvalue weighted by Gasteiger charge is -2.14. The van der Waals surface area contributed by atoms with Crippen molar-refractivity contribution in [1.29, 1.82) is 0 Å². The molecule has 2 N–H and O–H groups in total. The highest BCUT2D eigenvalue weighted by Crippen LogP contribution is 2.36. The van der Waals surface area contributed by atoms with Crippen molar-refractivity contribution in [3.63, 3.8) is 0 Å². The van der Waals surface area contributed by atoms with E-state index in [1.165, 1.54) is 16.7 Å². The number of fused-ring (bicyclic) bond motifs is 1. The summed E-state index contributed by atoms with van der Waals surface area (Å²) in [6.07, 6.45) is 1.70. The second-order valence-corrected chi connectivity index (χ2v) is 9.30. The first-order valence-electron chi connectivity index (χ1n) is 9.40. The summed E-state index contributed by atoms with van der Waals surface area (Å²) in [5, 5.41) is 0. The summed E-state index contributed by atoms with van der Waals surface area (Å²) in [5.41, 5.74) is 5.88. The Labute approximate surface area is 201 Å². The van der Waals surface area contributed by atoms with E-state index in [0.29, 0.717) is 26.3 Å². The molecule has 0 aromatic heterocycles. The number of benzene rings is 2. The van der Waals surface area contributed by atoms with E-state index in [1.54, 1.807) is 42.5 Å². The fourth-order valence-electron chi connectivity index (χ4n) is 2.92. The molecular weight excluding hydrogens is 518 g/mol. The molecule has 164 valence electrons. The standard InChI is InChI=1S/C21H16BrN3O5S2/c22-14-4-2-13(3-5-14)19(27)24-23-18(26)7-8-25-20(28)17(32-21(25)31)10-12-1-6-15-16(9-12)30-11-29-15/h1-6,9-10H,7-8,11H2,(H,23,26)(H,24,27). The second kappa shape index (κ2) is 9.72. The van der Waals surface area contributed by atoms with Crippen molar-refractivity contribution in [2.24, 2.45) is 0 Å². The lowest BCUT2D eigenvalue weighted by molar-refractivity contribution is -0.124. The Morgan fingerprint density at radius 3 is 2.66 bits per heavy atom. The van der Waals surface area contributed by atoms with Crippen molar-refractivity contribution >= 4 is 68.0 Å². The lowest BCUT2D eigenvalue weighted by Crippen LogP contribution is -2.43. The number of thiocarbonyl (C=S) groups is 1. The number of thioether (sulfide) groups is 1. The molecule has 2 aromatic rings. The fraction of sp³-hybridized carbons (Fsp3) is 0.143. The smallest absolute Gasteiger partial charge is 0.269 e. The molecule has 3 amide bonds. The summed E-state index contributed by atoms with van der Waals surface area (Å²) >= 11 is 9.76. The van der Waals surface area contributed by atoms with E-state index >= 15 is 0 Å². The number of amides is 3. The average Bonchev–Trinajstić information content (AvgIpc) is 3.35. The minimum atomic E-state index is -0.442. The zero-order chi connectivity index (χ0) is 22.7. The molecule has 0 aliphatic carbocycles. The van der Waals surface area contributed by atoms with Crippen molar-refractivity contribution in [3.05, 3.63) is 63.0 Å². The van der Waals surface area contributed by atoms with Crippen LogP contribution in [0.3, 0.4) is 0 Å². The van der Waals surface area contributed by atoms with Gasteiger partial charge in [0.1, 0.15) is 4.32 Å². The lowest BCUT2D eigenvalue weighted by atomic mass is 10.2. The van der Waals surface area contributed by atoms with E-state index in [1.807, 2.05) is 6.07 Å². The maximum atomic E-state index is 12.7. The van der Waals surface area contributed by atoms with Gasteiger partial charge in [0, 0.05) is 23.0 Å². The highest BCUT2D eigenvalue weighted by Gasteiger charge is 2.32. The Morgan fingerprint density at radius 1 is 1.12 bits per heavy atom. The third kappa shape index (κ3) is 5.12. The van der Waals surface area contributed by atoms with Gasteiger partial charge < -0.3 is 9.47 Å². The summed E-state index contributed by atoms with van der Waals surface area (Å²) in [5.74, 6) is 0.126. The Balaban J connectivity index is 1.30. The zero-order valence-electron chi connectivity index (χ0n) is 16.4. The number of rotatable bonds is 5. The van der Waals surface area contributed by atoms with Gasteiger partial charge in [0.15, 0.2) is 11.5 Å². The van der Waals surface area contributed by atoms with Crippen molar-refractivity contribution in [1.82, 2.24) is 15.8 Å². The normalized spacial score (nSPS) is 15.9. The second-order valence-electron chi connectivity index (χ2n) is 6.71. The van der Waals surface area contributed by atoms with Crippen molar-refractivity contribution in [2.45, 2.75) is 6.42 Å². The number of hydrogen-bond acceptors (Lipinski definition) is 7. The van der Waals surface area contributed by atoms with Crippen molar-refractivity contribution in [2.75, 3.05) is 13.3 Å². The van der Waals surface area contributed by atoms with E-state index < -0.39 is 11.8 Å². The molecule has 1 saturated heterocycles. The summed E-state index contributed by atoms with van der Waals surface area (Å²) < 4.78 is 11.9. The molecule has 2 aliphatic heterocycles. The Bertz CT molecular complexity index is 1140. The molecule has 8 nitrogen and oxygen atoms in total. The monoisotopic (exact) mass is 533 g/mol. The Hall–Kier alpha value is -2.89. The number of nitrogens with one attached hydrogen (secondary N) is 2. The van der Waals surface area contributed by atoms with Crippen LogP contribution in [0.25, 0.3) is 6.08 Å². The molecule has 0 spiro atoms. The molecule has 1 fully saturated rings. The number of hydrazine groups is 1. The van der Waals surface area contributed by atoms with E-state index in [2.05, 4.69) is 26.8 Å². The minimum Gasteiger partial charge on any atom is -0.454 e. The third-order valence-electron chi connectivity index (χ3n) is 4.55. The van der Waals surface area contributed by atoms with Gasteiger partial charge in [-0.3, -0.25) is 30.1 Å². The summed E-state index contributed by atoms with van der Waals surface area (Å²) in [6, 6.07) is 12.1. The van der Waals surface area contributed by atoms with E-state index in [4.69, 9.17) is 21.7 Å². The van der Waals surface area contributed by atoms with Crippen LogP contribution in [0, 0.1) is 0 Å². The highest BCUT2D eigenvalue weighted by molar-refractivity contribution is 9.10. The van der Waals surface area contributed by atoms with Crippen LogP contribution in [0.4, 0.5) is 0 Å².